The molecule has 1 N–H and O–H groups in total. The summed E-state index contributed by atoms with van der Waals surface area (Å²) in [7, 11) is 0. The van der Waals surface area contributed by atoms with Crippen LogP contribution in [0.4, 0.5) is 4.39 Å². The van der Waals surface area contributed by atoms with E-state index in [2.05, 4.69) is 20.8 Å². The van der Waals surface area contributed by atoms with E-state index in [1.54, 1.807) is 18.2 Å². The summed E-state index contributed by atoms with van der Waals surface area (Å²) in [5, 5.41) is 11.0. The van der Waals surface area contributed by atoms with Gasteiger partial charge in [0.1, 0.15) is 11.9 Å². The maximum atomic E-state index is 14.4. The summed E-state index contributed by atoms with van der Waals surface area (Å²) in [5.74, 6) is -0.343. The molecule has 116 valence electrons. The van der Waals surface area contributed by atoms with Crippen LogP contribution in [0, 0.1) is 5.82 Å². The van der Waals surface area contributed by atoms with Gasteiger partial charge in [-0.2, -0.15) is 0 Å². The van der Waals surface area contributed by atoms with Gasteiger partial charge in [-0.3, -0.25) is 4.90 Å². The molecule has 0 spiro atoms. The Kier molecular flexibility index (Phi) is 4.64. The van der Waals surface area contributed by atoms with Gasteiger partial charge in [0, 0.05) is 18.7 Å². The Morgan fingerprint density at radius 2 is 1.90 bits per heavy atom. The van der Waals surface area contributed by atoms with E-state index < -0.39 is 6.10 Å². The Bertz CT molecular complexity index is 499. The first-order chi connectivity index (χ1) is 10.1. The summed E-state index contributed by atoms with van der Waals surface area (Å²) >= 11 is 3.22. The van der Waals surface area contributed by atoms with Crippen LogP contribution in [0.25, 0.3) is 0 Å². The number of halogens is 2. The zero-order chi connectivity index (χ0) is 14.9. The Morgan fingerprint density at radius 3 is 2.57 bits per heavy atom. The van der Waals surface area contributed by atoms with E-state index in [-0.39, 0.29) is 11.4 Å². The van der Waals surface area contributed by atoms with Gasteiger partial charge in [0.15, 0.2) is 0 Å². The molecule has 1 aliphatic heterocycles. The maximum absolute atomic E-state index is 14.4. The summed E-state index contributed by atoms with van der Waals surface area (Å²) in [5.41, 5.74) is 0.0589. The monoisotopic (exact) mass is 357 g/mol. The third-order valence-electron chi connectivity index (χ3n) is 4.90. The first-order valence-electron chi connectivity index (χ1n) is 7.60. The molecular weight excluding hydrogens is 337 g/mol. The quantitative estimate of drug-likeness (QED) is 0.900. The van der Waals surface area contributed by atoms with Crippen LogP contribution in [0.15, 0.2) is 22.7 Å². The standard InChI is InChI=1S/C16H21BrFNO2/c17-13-5-3-4-12(14(13)18)15(20)16(6-1-2-7-16)19-8-10-21-11-9-19/h3-5,15,20H,1-2,6-11H2. The van der Waals surface area contributed by atoms with E-state index in [0.29, 0.717) is 23.2 Å². The molecule has 0 amide bonds. The highest BCUT2D eigenvalue weighted by Gasteiger charge is 2.47. The summed E-state index contributed by atoms with van der Waals surface area (Å²) < 4.78 is 20.2. The largest absolute Gasteiger partial charge is 0.386 e. The minimum Gasteiger partial charge on any atom is -0.386 e. The molecule has 0 radical (unpaired) electrons. The first kappa shape index (κ1) is 15.4. The molecule has 1 unspecified atom stereocenters. The number of aliphatic hydroxyl groups is 1. The van der Waals surface area contributed by atoms with Crippen LogP contribution >= 0.6 is 15.9 Å². The van der Waals surface area contributed by atoms with Crippen molar-refractivity contribution in [3.8, 4) is 0 Å². The molecule has 1 saturated heterocycles. The molecular formula is C16H21BrFNO2. The first-order valence-corrected chi connectivity index (χ1v) is 8.39. The second-order valence-electron chi connectivity index (χ2n) is 5.96. The zero-order valence-electron chi connectivity index (χ0n) is 12.0. The Hall–Kier alpha value is -0.490. The third kappa shape index (κ3) is 2.77. The van der Waals surface area contributed by atoms with Crippen LogP contribution < -0.4 is 0 Å². The van der Waals surface area contributed by atoms with E-state index >= 15 is 0 Å². The Morgan fingerprint density at radius 1 is 1.24 bits per heavy atom. The van der Waals surface area contributed by atoms with Crippen molar-refractivity contribution in [2.24, 2.45) is 0 Å². The summed E-state index contributed by atoms with van der Waals surface area (Å²) in [6, 6.07) is 5.15. The van der Waals surface area contributed by atoms with Gasteiger partial charge in [-0.25, -0.2) is 4.39 Å². The van der Waals surface area contributed by atoms with Gasteiger partial charge in [0.2, 0.25) is 0 Å². The number of hydrogen-bond acceptors (Lipinski definition) is 3. The van der Waals surface area contributed by atoms with E-state index in [4.69, 9.17) is 4.74 Å². The van der Waals surface area contributed by atoms with Crippen molar-refractivity contribution in [3.05, 3.63) is 34.1 Å². The molecule has 1 heterocycles. The molecule has 5 heteroatoms. The van der Waals surface area contributed by atoms with Crippen LogP contribution in [0.5, 0.6) is 0 Å². The topological polar surface area (TPSA) is 32.7 Å². The summed E-state index contributed by atoms with van der Waals surface area (Å²) in [4.78, 5) is 2.31. The van der Waals surface area contributed by atoms with Crippen LogP contribution in [-0.4, -0.2) is 41.8 Å². The number of hydrogen-bond donors (Lipinski definition) is 1. The Labute approximate surface area is 133 Å². The molecule has 1 aromatic carbocycles. The van der Waals surface area contributed by atoms with Crippen LogP contribution in [0.2, 0.25) is 0 Å². The zero-order valence-corrected chi connectivity index (χ0v) is 13.6. The fourth-order valence-electron chi connectivity index (χ4n) is 3.78. The molecule has 0 bridgehead atoms. The summed E-state index contributed by atoms with van der Waals surface area (Å²) in [6.07, 6.45) is 3.21. The van der Waals surface area contributed by atoms with Crippen molar-refractivity contribution < 1.29 is 14.2 Å². The average molecular weight is 358 g/mol. The fraction of sp³-hybridized carbons (Fsp3) is 0.625. The van der Waals surface area contributed by atoms with Crippen LogP contribution in [-0.2, 0) is 4.74 Å². The average Bonchev–Trinajstić information content (AvgIpc) is 3.01. The van der Waals surface area contributed by atoms with E-state index in [9.17, 15) is 9.50 Å². The number of ether oxygens (including phenoxy) is 1. The Balaban J connectivity index is 1.94. The molecule has 1 saturated carbocycles. The normalized spacial score (nSPS) is 24.1. The number of morpholine rings is 1. The number of rotatable bonds is 3. The second-order valence-corrected chi connectivity index (χ2v) is 6.81. The number of aliphatic hydroxyl groups excluding tert-OH is 1. The van der Waals surface area contributed by atoms with Crippen molar-refractivity contribution in [1.82, 2.24) is 4.90 Å². The van der Waals surface area contributed by atoms with Crippen LogP contribution in [0.3, 0.4) is 0 Å². The maximum Gasteiger partial charge on any atom is 0.143 e. The molecule has 21 heavy (non-hydrogen) atoms. The predicted octanol–water partition coefficient (Wildman–Crippen LogP) is 3.27. The van der Waals surface area contributed by atoms with Gasteiger partial charge in [0.05, 0.1) is 23.2 Å². The van der Waals surface area contributed by atoms with Crippen molar-refractivity contribution >= 4 is 15.9 Å². The van der Waals surface area contributed by atoms with Gasteiger partial charge in [-0.15, -0.1) is 0 Å². The van der Waals surface area contributed by atoms with E-state index in [1.165, 1.54) is 0 Å². The second kappa shape index (κ2) is 6.32. The van der Waals surface area contributed by atoms with Crippen molar-refractivity contribution in [2.45, 2.75) is 37.3 Å². The fourth-order valence-corrected chi connectivity index (χ4v) is 4.16. The molecule has 2 fully saturated rings. The van der Waals surface area contributed by atoms with Crippen molar-refractivity contribution in [3.63, 3.8) is 0 Å². The number of benzene rings is 1. The highest BCUT2D eigenvalue weighted by atomic mass is 79.9. The lowest BCUT2D eigenvalue weighted by Gasteiger charge is -2.46. The van der Waals surface area contributed by atoms with Gasteiger partial charge in [-0.1, -0.05) is 25.0 Å². The minimum atomic E-state index is -0.796. The van der Waals surface area contributed by atoms with Gasteiger partial charge >= 0.3 is 0 Å². The molecule has 3 rings (SSSR count). The predicted molar refractivity (Wildman–Crippen MR) is 82.7 cm³/mol. The van der Waals surface area contributed by atoms with Gasteiger partial charge in [0.25, 0.3) is 0 Å². The van der Waals surface area contributed by atoms with Gasteiger partial charge < -0.3 is 9.84 Å². The van der Waals surface area contributed by atoms with E-state index in [0.717, 1.165) is 38.8 Å². The molecule has 1 atom stereocenters. The van der Waals surface area contributed by atoms with Gasteiger partial charge in [-0.05, 0) is 34.8 Å². The van der Waals surface area contributed by atoms with E-state index in [1.807, 2.05) is 0 Å². The smallest absolute Gasteiger partial charge is 0.143 e. The molecule has 1 aromatic rings. The lowest BCUT2D eigenvalue weighted by atomic mass is 9.83. The summed E-state index contributed by atoms with van der Waals surface area (Å²) in [6.45, 7) is 3.00. The molecule has 0 aromatic heterocycles. The van der Waals surface area contributed by atoms with Crippen molar-refractivity contribution in [1.29, 1.82) is 0 Å². The molecule has 2 aliphatic rings. The highest BCUT2D eigenvalue weighted by Crippen LogP contribution is 2.45. The minimum absolute atomic E-state index is 0.342. The van der Waals surface area contributed by atoms with Crippen LogP contribution in [0.1, 0.15) is 37.4 Å². The lowest BCUT2D eigenvalue weighted by Crippen LogP contribution is -2.55. The lowest BCUT2D eigenvalue weighted by molar-refractivity contribution is -0.0783. The highest BCUT2D eigenvalue weighted by molar-refractivity contribution is 9.10. The SMILES string of the molecule is OC(c1cccc(Br)c1F)C1(N2CCOCC2)CCCC1. The molecule has 3 nitrogen and oxygen atoms in total. The molecule has 1 aliphatic carbocycles. The number of nitrogens with zero attached hydrogens (tertiary/aromatic N) is 1. The van der Waals surface area contributed by atoms with Crippen molar-refractivity contribution in [2.75, 3.05) is 26.3 Å². The third-order valence-corrected chi connectivity index (χ3v) is 5.51.